The maximum absolute atomic E-state index is 14.1. The number of rotatable bonds is 8. The van der Waals surface area contributed by atoms with Crippen LogP contribution in [0.1, 0.15) is 24.1 Å². The average molecular weight is 500 g/mol. The molecule has 5 rings (SSSR count). The lowest BCUT2D eigenvalue weighted by Crippen LogP contribution is -2.50. The summed E-state index contributed by atoms with van der Waals surface area (Å²) in [4.78, 5) is 34.1. The van der Waals surface area contributed by atoms with E-state index >= 15 is 0 Å². The molecule has 0 spiro atoms. The fourth-order valence-electron chi connectivity index (χ4n) is 4.99. The number of aromatic nitrogens is 2. The second-order valence-electron chi connectivity index (χ2n) is 8.78. The summed E-state index contributed by atoms with van der Waals surface area (Å²) in [7, 11) is 3.14. The summed E-state index contributed by atoms with van der Waals surface area (Å²) in [6, 6.07) is 22.2. The first-order valence-electron chi connectivity index (χ1n) is 12.3. The van der Waals surface area contributed by atoms with Crippen LogP contribution in [0.3, 0.4) is 0 Å². The highest BCUT2D eigenvalue weighted by atomic mass is 16.5. The first kappa shape index (κ1) is 24.4. The quantitative estimate of drug-likeness (QED) is 0.264. The van der Waals surface area contributed by atoms with Crippen molar-refractivity contribution in [1.29, 1.82) is 0 Å². The number of hydrogen-bond acceptors (Lipinski definition) is 6. The zero-order valence-electron chi connectivity index (χ0n) is 21.1. The number of amides is 1. The molecule has 1 aromatic heterocycles. The molecule has 0 saturated carbocycles. The number of imidazole rings is 1. The van der Waals surface area contributed by atoms with Crippen LogP contribution in [0.4, 0.5) is 5.95 Å². The molecule has 0 aliphatic carbocycles. The minimum Gasteiger partial charge on any atom is -0.497 e. The van der Waals surface area contributed by atoms with Crippen LogP contribution < -0.4 is 14.4 Å². The van der Waals surface area contributed by atoms with E-state index in [-0.39, 0.29) is 12.5 Å². The van der Waals surface area contributed by atoms with Crippen molar-refractivity contribution in [3.63, 3.8) is 0 Å². The summed E-state index contributed by atoms with van der Waals surface area (Å²) in [5, 5.41) is 0. The van der Waals surface area contributed by atoms with Gasteiger partial charge in [-0.2, -0.15) is 0 Å². The average Bonchev–Trinajstić information content (AvgIpc) is 3.31. The Morgan fingerprint density at radius 1 is 0.973 bits per heavy atom. The number of para-hydroxylation sites is 2. The number of benzene rings is 3. The number of hydrogen-bond donors (Lipinski definition) is 0. The second-order valence-corrected chi connectivity index (χ2v) is 8.78. The third kappa shape index (κ3) is 4.39. The van der Waals surface area contributed by atoms with Gasteiger partial charge in [0.25, 0.3) is 0 Å². The van der Waals surface area contributed by atoms with Gasteiger partial charge in [-0.1, -0.05) is 42.5 Å². The highest BCUT2D eigenvalue weighted by Gasteiger charge is 2.48. The highest BCUT2D eigenvalue weighted by Crippen LogP contribution is 2.44. The van der Waals surface area contributed by atoms with Gasteiger partial charge in [0.2, 0.25) is 11.9 Å². The summed E-state index contributed by atoms with van der Waals surface area (Å²) in [5.74, 6) is -0.473. The lowest BCUT2D eigenvalue weighted by Gasteiger charge is -2.38. The van der Waals surface area contributed by atoms with Gasteiger partial charge >= 0.3 is 5.97 Å². The normalized spacial score (nSPS) is 16.9. The molecular weight excluding hydrogens is 470 g/mol. The van der Waals surface area contributed by atoms with Crippen LogP contribution >= 0.6 is 0 Å². The zero-order chi connectivity index (χ0) is 25.9. The van der Waals surface area contributed by atoms with E-state index < -0.39 is 17.9 Å². The van der Waals surface area contributed by atoms with Crippen LogP contribution in [0.25, 0.3) is 11.0 Å². The van der Waals surface area contributed by atoms with E-state index in [0.717, 1.165) is 16.6 Å². The maximum atomic E-state index is 14.1. The summed E-state index contributed by atoms with van der Waals surface area (Å²) < 4.78 is 18.6. The van der Waals surface area contributed by atoms with Gasteiger partial charge in [0.15, 0.2) is 5.92 Å². The van der Waals surface area contributed by atoms with E-state index in [1.807, 2.05) is 59.2 Å². The third-order valence-corrected chi connectivity index (χ3v) is 6.71. The van der Waals surface area contributed by atoms with Gasteiger partial charge in [0, 0.05) is 12.1 Å². The van der Waals surface area contributed by atoms with Crippen LogP contribution in [-0.2, 0) is 20.7 Å². The number of carbonyl (C=O) groups excluding carboxylic acids is 2. The van der Waals surface area contributed by atoms with Crippen molar-refractivity contribution >= 4 is 28.9 Å². The van der Waals surface area contributed by atoms with Crippen molar-refractivity contribution in [2.24, 2.45) is 5.92 Å². The van der Waals surface area contributed by atoms with Crippen LogP contribution in [0.5, 0.6) is 11.5 Å². The minimum atomic E-state index is -1.14. The molecule has 0 radical (unpaired) electrons. The van der Waals surface area contributed by atoms with Gasteiger partial charge in [0.05, 0.1) is 37.9 Å². The monoisotopic (exact) mass is 499 g/mol. The van der Waals surface area contributed by atoms with Gasteiger partial charge in [-0.15, -0.1) is 0 Å². The van der Waals surface area contributed by atoms with Crippen LogP contribution in [0, 0.1) is 5.92 Å². The molecule has 2 heterocycles. The molecule has 0 unspecified atom stereocenters. The Labute approximate surface area is 215 Å². The van der Waals surface area contributed by atoms with Crippen LogP contribution in [0.15, 0.2) is 72.8 Å². The number of ether oxygens (including phenoxy) is 3. The van der Waals surface area contributed by atoms with E-state index in [9.17, 15) is 9.59 Å². The number of esters is 1. The third-order valence-electron chi connectivity index (χ3n) is 6.71. The fourth-order valence-corrected chi connectivity index (χ4v) is 4.99. The Morgan fingerprint density at radius 3 is 2.46 bits per heavy atom. The van der Waals surface area contributed by atoms with E-state index in [2.05, 4.69) is 0 Å². The molecular formula is C29H29N3O5. The standard InChI is InChI=1S/C29H29N3O5/c1-4-37-28(34)25-26(21-18-20(35-2)14-15-24(21)36-3)32-23-13-9-8-12-22(23)30-29(32)31(27(25)33)17-16-19-10-6-5-7-11-19/h5-15,18,25-26H,4,16-17H2,1-3H3/t25-,26-/m1/s1. The lowest BCUT2D eigenvalue weighted by atomic mass is 9.88. The molecule has 1 aliphatic heterocycles. The molecule has 0 bridgehead atoms. The van der Waals surface area contributed by atoms with Gasteiger partial charge < -0.3 is 18.8 Å². The van der Waals surface area contributed by atoms with Crippen LogP contribution in [-0.4, -0.2) is 48.8 Å². The van der Waals surface area contributed by atoms with Crippen LogP contribution in [0.2, 0.25) is 0 Å². The first-order valence-corrected chi connectivity index (χ1v) is 12.3. The molecule has 3 aromatic carbocycles. The fraction of sp³-hybridized carbons (Fsp3) is 0.276. The lowest BCUT2D eigenvalue weighted by molar-refractivity contribution is -0.153. The number of nitrogens with zero attached hydrogens (tertiary/aromatic N) is 3. The highest BCUT2D eigenvalue weighted by molar-refractivity contribution is 6.08. The molecule has 0 fully saturated rings. The molecule has 1 aliphatic rings. The Morgan fingerprint density at radius 2 is 1.73 bits per heavy atom. The van der Waals surface area contributed by atoms with E-state index in [0.29, 0.717) is 36.0 Å². The van der Waals surface area contributed by atoms with Crippen molar-refractivity contribution in [2.75, 3.05) is 32.3 Å². The Balaban J connectivity index is 1.73. The Kier molecular flexibility index (Phi) is 6.81. The largest absolute Gasteiger partial charge is 0.497 e. The zero-order valence-corrected chi connectivity index (χ0v) is 21.1. The Hall–Kier alpha value is -4.33. The number of carbonyl (C=O) groups is 2. The molecule has 1 amide bonds. The van der Waals surface area contributed by atoms with Crippen molar-refractivity contribution in [1.82, 2.24) is 9.55 Å². The molecule has 190 valence electrons. The van der Waals surface area contributed by atoms with Gasteiger partial charge in [-0.25, -0.2) is 4.98 Å². The van der Waals surface area contributed by atoms with E-state index in [1.165, 1.54) is 0 Å². The van der Waals surface area contributed by atoms with E-state index in [4.69, 9.17) is 19.2 Å². The van der Waals surface area contributed by atoms with Gasteiger partial charge in [-0.05, 0) is 49.2 Å². The second kappa shape index (κ2) is 10.3. The summed E-state index contributed by atoms with van der Waals surface area (Å²) in [5.41, 5.74) is 3.26. The van der Waals surface area contributed by atoms with Gasteiger partial charge in [0.1, 0.15) is 11.5 Å². The minimum absolute atomic E-state index is 0.159. The first-order chi connectivity index (χ1) is 18.1. The topological polar surface area (TPSA) is 82.9 Å². The van der Waals surface area contributed by atoms with Crippen molar-refractivity contribution in [3.05, 3.63) is 83.9 Å². The smallest absolute Gasteiger partial charge is 0.321 e. The SMILES string of the molecule is CCOC(=O)[C@H]1C(=O)N(CCc2ccccc2)c2nc3ccccc3n2[C@@H]1c1cc(OC)ccc1OC. The molecule has 0 saturated heterocycles. The van der Waals surface area contributed by atoms with E-state index in [1.54, 1.807) is 44.2 Å². The Bertz CT molecular complexity index is 1430. The molecule has 37 heavy (non-hydrogen) atoms. The van der Waals surface area contributed by atoms with Crippen molar-refractivity contribution < 1.29 is 23.8 Å². The summed E-state index contributed by atoms with van der Waals surface area (Å²) >= 11 is 0. The predicted octanol–water partition coefficient (Wildman–Crippen LogP) is 4.41. The molecule has 4 aromatic rings. The predicted molar refractivity (Wildman–Crippen MR) is 140 cm³/mol. The van der Waals surface area contributed by atoms with Crippen molar-refractivity contribution in [3.8, 4) is 11.5 Å². The number of fused-ring (bicyclic) bond motifs is 3. The summed E-state index contributed by atoms with van der Waals surface area (Å²) in [6.45, 7) is 2.26. The van der Waals surface area contributed by atoms with Crippen molar-refractivity contribution in [2.45, 2.75) is 19.4 Å². The summed E-state index contributed by atoms with van der Waals surface area (Å²) in [6.07, 6.45) is 0.610. The van der Waals surface area contributed by atoms with Gasteiger partial charge in [-0.3, -0.25) is 14.5 Å². The maximum Gasteiger partial charge on any atom is 0.321 e. The molecule has 0 N–H and O–H groups in total. The molecule has 2 atom stereocenters. The number of anilines is 1. The molecule has 8 heteroatoms. The number of methoxy groups -OCH3 is 2. The molecule has 8 nitrogen and oxygen atoms in total.